The van der Waals surface area contributed by atoms with Crippen molar-refractivity contribution in [2.75, 3.05) is 0 Å². The quantitative estimate of drug-likeness (QED) is 0.907. The second-order valence-electron chi connectivity index (χ2n) is 5.09. The lowest BCUT2D eigenvalue weighted by Gasteiger charge is -2.34. The van der Waals surface area contributed by atoms with E-state index < -0.39 is 5.60 Å². The van der Waals surface area contributed by atoms with E-state index >= 15 is 0 Å². The zero-order valence-corrected chi connectivity index (χ0v) is 11.5. The number of hydrogen-bond acceptors (Lipinski definition) is 2. The topological polar surface area (TPSA) is 37.3 Å². The summed E-state index contributed by atoms with van der Waals surface area (Å²) in [7, 11) is 0. The molecule has 0 heterocycles. The molecule has 1 aliphatic rings. The third kappa shape index (κ3) is 2.60. The fourth-order valence-electron chi connectivity index (χ4n) is 2.71. The minimum Gasteiger partial charge on any atom is -0.385 e. The molecule has 18 heavy (non-hydrogen) atoms. The van der Waals surface area contributed by atoms with Crippen LogP contribution in [-0.2, 0) is 16.8 Å². The number of hydrogen-bond donors (Lipinski definition) is 1. The maximum absolute atomic E-state index is 11.3. The smallest absolute Gasteiger partial charge is 0.133 e. The number of benzene rings is 1. The molecule has 0 unspecified atom stereocenters. The first-order valence-corrected chi connectivity index (χ1v) is 6.96. The Labute approximate surface area is 113 Å². The second kappa shape index (κ2) is 5.41. The first kappa shape index (κ1) is 13.6. The van der Waals surface area contributed by atoms with E-state index in [2.05, 4.69) is 6.92 Å². The number of aliphatic hydroxyl groups is 1. The van der Waals surface area contributed by atoms with E-state index in [4.69, 9.17) is 11.6 Å². The van der Waals surface area contributed by atoms with E-state index in [-0.39, 0.29) is 5.78 Å². The predicted molar refractivity (Wildman–Crippen MR) is 72.8 cm³/mol. The Bertz CT molecular complexity index is 444. The molecule has 1 N–H and O–H groups in total. The molecule has 3 heteroatoms. The highest BCUT2D eigenvalue weighted by Crippen LogP contribution is 2.39. The molecule has 1 aromatic rings. The second-order valence-corrected chi connectivity index (χ2v) is 5.49. The Morgan fingerprint density at radius 3 is 2.61 bits per heavy atom. The van der Waals surface area contributed by atoms with Gasteiger partial charge in [0.25, 0.3) is 0 Å². The van der Waals surface area contributed by atoms with Gasteiger partial charge < -0.3 is 5.11 Å². The molecule has 1 aliphatic carbocycles. The maximum Gasteiger partial charge on any atom is 0.133 e. The highest BCUT2D eigenvalue weighted by molar-refractivity contribution is 6.31. The third-order valence-corrected chi connectivity index (χ3v) is 4.11. The molecule has 0 aliphatic heterocycles. The van der Waals surface area contributed by atoms with Crippen molar-refractivity contribution in [3.8, 4) is 0 Å². The van der Waals surface area contributed by atoms with Crippen LogP contribution in [0.3, 0.4) is 0 Å². The largest absolute Gasteiger partial charge is 0.385 e. The average Bonchev–Trinajstić information content (AvgIpc) is 2.36. The number of Topliss-reactive ketones (excluding diaryl/α,β-unsaturated/α-hetero) is 1. The average molecular weight is 267 g/mol. The van der Waals surface area contributed by atoms with Gasteiger partial charge in [-0.2, -0.15) is 0 Å². The van der Waals surface area contributed by atoms with Crippen molar-refractivity contribution in [1.29, 1.82) is 0 Å². The van der Waals surface area contributed by atoms with Crippen LogP contribution in [0.1, 0.15) is 50.2 Å². The first-order chi connectivity index (χ1) is 8.57. The molecule has 0 atom stereocenters. The molecule has 2 rings (SSSR count). The Morgan fingerprint density at radius 1 is 1.33 bits per heavy atom. The van der Waals surface area contributed by atoms with E-state index in [1.165, 1.54) is 0 Å². The highest BCUT2D eigenvalue weighted by Gasteiger charge is 2.35. The summed E-state index contributed by atoms with van der Waals surface area (Å²) in [6, 6.07) is 5.70. The van der Waals surface area contributed by atoms with Crippen molar-refractivity contribution in [3.05, 3.63) is 34.3 Å². The standard InChI is InChI=1S/C15H19ClO2/c1-2-4-12-13(5-3-6-14(12)16)15(18)9-7-11(17)8-10-15/h3,5-6,18H,2,4,7-10H2,1H3. The van der Waals surface area contributed by atoms with Crippen molar-refractivity contribution >= 4 is 17.4 Å². The fourth-order valence-corrected chi connectivity index (χ4v) is 2.98. The molecule has 0 aromatic heterocycles. The normalized spacial score (nSPS) is 18.9. The van der Waals surface area contributed by atoms with Gasteiger partial charge in [-0.3, -0.25) is 4.79 Å². The van der Waals surface area contributed by atoms with Gasteiger partial charge in [-0.05, 0) is 36.5 Å². The van der Waals surface area contributed by atoms with Crippen LogP contribution in [-0.4, -0.2) is 10.9 Å². The van der Waals surface area contributed by atoms with E-state index in [1.807, 2.05) is 18.2 Å². The van der Waals surface area contributed by atoms with Crippen molar-refractivity contribution in [1.82, 2.24) is 0 Å². The van der Waals surface area contributed by atoms with Crippen molar-refractivity contribution in [2.45, 2.75) is 51.0 Å². The van der Waals surface area contributed by atoms with E-state index in [1.54, 1.807) is 0 Å². The monoisotopic (exact) mass is 266 g/mol. The Kier molecular flexibility index (Phi) is 4.08. The van der Waals surface area contributed by atoms with Crippen molar-refractivity contribution < 1.29 is 9.90 Å². The van der Waals surface area contributed by atoms with Crippen molar-refractivity contribution in [3.63, 3.8) is 0 Å². The van der Waals surface area contributed by atoms with Gasteiger partial charge in [-0.25, -0.2) is 0 Å². The lowest BCUT2D eigenvalue weighted by molar-refractivity contribution is -0.125. The van der Waals surface area contributed by atoms with Gasteiger partial charge in [0.1, 0.15) is 5.78 Å². The fraction of sp³-hybridized carbons (Fsp3) is 0.533. The highest BCUT2D eigenvalue weighted by atomic mass is 35.5. The molecule has 0 bridgehead atoms. The molecule has 1 fully saturated rings. The zero-order valence-electron chi connectivity index (χ0n) is 10.7. The number of halogens is 1. The molecule has 2 nitrogen and oxygen atoms in total. The predicted octanol–water partition coefficient (Wildman–Crippen LogP) is 3.62. The van der Waals surface area contributed by atoms with Gasteiger partial charge >= 0.3 is 0 Å². The Hall–Kier alpha value is -0.860. The summed E-state index contributed by atoms with van der Waals surface area (Å²) in [5, 5.41) is 11.5. The van der Waals surface area contributed by atoms with Crippen LogP contribution in [0.4, 0.5) is 0 Å². The summed E-state index contributed by atoms with van der Waals surface area (Å²) < 4.78 is 0. The van der Waals surface area contributed by atoms with Gasteiger partial charge in [0.05, 0.1) is 5.60 Å². The summed E-state index contributed by atoms with van der Waals surface area (Å²) >= 11 is 6.24. The SMILES string of the molecule is CCCc1c(Cl)cccc1C1(O)CCC(=O)CC1. The molecule has 1 saturated carbocycles. The summed E-state index contributed by atoms with van der Waals surface area (Å²) in [4.78, 5) is 11.3. The summed E-state index contributed by atoms with van der Waals surface area (Å²) in [5.41, 5.74) is 1.09. The van der Waals surface area contributed by atoms with Crippen LogP contribution in [0.2, 0.25) is 5.02 Å². The van der Waals surface area contributed by atoms with E-state index in [9.17, 15) is 9.90 Å². The van der Waals surface area contributed by atoms with Crippen LogP contribution < -0.4 is 0 Å². The first-order valence-electron chi connectivity index (χ1n) is 6.59. The molecule has 1 aromatic carbocycles. The summed E-state index contributed by atoms with van der Waals surface area (Å²) in [6.07, 6.45) is 3.83. The minimum absolute atomic E-state index is 0.249. The maximum atomic E-state index is 11.3. The van der Waals surface area contributed by atoms with Crippen LogP contribution in [0.25, 0.3) is 0 Å². The van der Waals surface area contributed by atoms with Gasteiger partial charge in [-0.15, -0.1) is 0 Å². The lowest BCUT2D eigenvalue weighted by atomic mass is 9.77. The van der Waals surface area contributed by atoms with Crippen molar-refractivity contribution in [2.24, 2.45) is 0 Å². The molecule has 0 radical (unpaired) electrons. The molecular formula is C15H19ClO2. The van der Waals surface area contributed by atoms with Crippen LogP contribution in [0.15, 0.2) is 18.2 Å². The molecular weight excluding hydrogens is 248 g/mol. The molecule has 0 amide bonds. The third-order valence-electron chi connectivity index (χ3n) is 3.76. The number of carbonyl (C=O) groups excluding carboxylic acids is 1. The summed E-state index contributed by atoms with van der Waals surface area (Å²) in [6.45, 7) is 2.10. The van der Waals surface area contributed by atoms with Crippen LogP contribution in [0, 0.1) is 0 Å². The van der Waals surface area contributed by atoms with Crippen LogP contribution >= 0.6 is 11.6 Å². The minimum atomic E-state index is -0.872. The van der Waals surface area contributed by atoms with Crippen LogP contribution in [0.5, 0.6) is 0 Å². The molecule has 0 saturated heterocycles. The lowest BCUT2D eigenvalue weighted by Crippen LogP contribution is -2.32. The van der Waals surface area contributed by atoms with Gasteiger partial charge in [0, 0.05) is 17.9 Å². The van der Waals surface area contributed by atoms with E-state index in [0.29, 0.717) is 25.7 Å². The Balaban J connectivity index is 2.37. The zero-order chi connectivity index (χ0) is 13.2. The van der Waals surface area contributed by atoms with Gasteiger partial charge in [0.2, 0.25) is 0 Å². The Morgan fingerprint density at radius 2 is 2.00 bits per heavy atom. The van der Waals surface area contributed by atoms with Gasteiger partial charge in [-0.1, -0.05) is 37.1 Å². The number of carbonyl (C=O) groups is 1. The number of rotatable bonds is 3. The number of ketones is 1. The molecule has 0 spiro atoms. The summed E-state index contributed by atoms with van der Waals surface area (Å²) in [5.74, 6) is 0.249. The van der Waals surface area contributed by atoms with E-state index in [0.717, 1.165) is 29.0 Å². The van der Waals surface area contributed by atoms with Gasteiger partial charge in [0.15, 0.2) is 0 Å². The molecule has 98 valence electrons.